The summed E-state index contributed by atoms with van der Waals surface area (Å²) in [7, 11) is 0. The molecule has 2 fully saturated rings. The lowest BCUT2D eigenvalue weighted by atomic mass is 9.91. The Balaban J connectivity index is 1.66. The molecule has 0 bridgehead atoms. The highest BCUT2D eigenvalue weighted by Gasteiger charge is 2.41. The molecule has 1 heterocycles. The van der Waals surface area contributed by atoms with E-state index in [-0.39, 0.29) is 12.2 Å². The van der Waals surface area contributed by atoms with E-state index in [0.29, 0.717) is 10.7 Å². The van der Waals surface area contributed by atoms with Crippen molar-refractivity contribution < 1.29 is 14.2 Å². The van der Waals surface area contributed by atoms with Crippen LogP contribution in [-0.2, 0) is 14.2 Å². The molecule has 0 aromatic rings. The summed E-state index contributed by atoms with van der Waals surface area (Å²) in [4.78, 5) is 0.474. The van der Waals surface area contributed by atoms with Gasteiger partial charge in [0.2, 0.25) is 0 Å². The molecule has 0 spiro atoms. The summed E-state index contributed by atoms with van der Waals surface area (Å²) in [6, 6.07) is 0. The van der Waals surface area contributed by atoms with Crippen LogP contribution in [0.3, 0.4) is 0 Å². The van der Waals surface area contributed by atoms with Crippen molar-refractivity contribution >= 4 is 15.9 Å². The molecule has 4 heteroatoms. The van der Waals surface area contributed by atoms with E-state index < -0.39 is 0 Å². The standard InChI is InChI=1S/C11H19BrO3/c1-2-14-11-9(12)5-10(11)15-7-8-3-4-13-6-8/h8-11H,2-7H2,1H3. The molecule has 3 nitrogen and oxygen atoms in total. The maximum absolute atomic E-state index is 5.86. The Kier molecular flexibility index (Phi) is 4.43. The number of hydrogen-bond donors (Lipinski definition) is 0. The molecule has 4 atom stereocenters. The van der Waals surface area contributed by atoms with Crippen LogP contribution in [0.4, 0.5) is 0 Å². The first-order chi connectivity index (χ1) is 7.31. The maximum Gasteiger partial charge on any atom is 0.0962 e. The molecule has 0 N–H and O–H groups in total. The average Bonchev–Trinajstić information content (AvgIpc) is 2.73. The normalized spacial score (nSPS) is 40.4. The first-order valence-corrected chi connectivity index (χ1v) is 6.68. The Labute approximate surface area is 99.6 Å². The lowest BCUT2D eigenvalue weighted by Gasteiger charge is -2.41. The van der Waals surface area contributed by atoms with Gasteiger partial charge in [0.1, 0.15) is 0 Å². The quantitative estimate of drug-likeness (QED) is 0.720. The summed E-state index contributed by atoms with van der Waals surface area (Å²) in [5.74, 6) is 0.599. The number of ether oxygens (including phenoxy) is 3. The second-order valence-electron chi connectivity index (χ2n) is 4.27. The van der Waals surface area contributed by atoms with Gasteiger partial charge in [-0.2, -0.15) is 0 Å². The van der Waals surface area contributed by atoms with Gasteiger partial charge in [-0.1, -0.05) is 15.9 Å². The van der Waals surface area contributed by atoms with Crippen LogP contribution in [0.2, 0.25) is 0 Å². The summed E-state index contributed by atoms with van der Waals surface area (Å²) >= 11 is 3.59. The van der Waals surface area contributed by atoms with Crippen LogP contribution in [0.5, 0.6) is 0 Å². The van der Waals surface area contributed by atoms with Crippen molar-refractivity contribution in [2.75, 3.05) is 26.4 Å². The van der Waals surface area contributed by atoms with Crippen molar-refractivity contribution in [3.63, 3.8) is 0 Å². The Morgan fingerprint density at radius 3 is 2.87 bits per heavy atom. The van der Waals surface area contributed by atoms with Gasteiger partial charge in [-0.3, -0.25) is 0 Å². The predicted octanol–water partition coefficient (Wildman–Crippen LogP) is 1.98. The van der Waals surface area contributed by atoms with Crippen molar-refractivity contribution in [1.82, 2.24) is 0 Å². The third-order valence-corrected chi connectivity index (χ3v) is 4.00. The van der Waals surface area contributed by atoms with Crippen LogP contribution < -0.4 is 0 Å². The average molecular weight is 279 g/mol. The molecule has 1 aliphatic heterocycles. The van der Waals surface area contributed by atoms with Gasteiger partial charge in [-0.05, 0) is 19.8 Å². The van der Waals surface area contributed by atoms with E-state index in [1.165, 1.54) is 0 Å². The summed E-state index contributed by atoms with van der Waals surface area (Å²) in [5.41, 5.74) is 0. The minimum atomic E-state index is 0.248. The third kappa shape index (κ3) is 2.93. The van der Waals surface area contributed by atoms with Crippen LogP contribution in [0.15, 0.2) is 0 Å². The molecule has 1 saturated carbocycles. The van der Waals surface area contributed by atoms with Crippen molar-refractivity contribution in [2.45, 2.75) is 36.8 Å². The van der Waals surface area contributed by atoms with Crippen molar-refractivity contribution in [2.24, 2.45) is 5.92 Å². The molecule has 1 saturated heterocycles. The van der Waals surface area contributed by atoms with Crippen LogP contribution >= 0.6 is 15.9 Å². The highest BCUT2D eigenvalue weighted by molar-refractivity contribution is 9.09. The van der Waals surface area contributed by atoms with Gasteiger partial charge in [-0.25, -0.2) is 0 Å². The van der Waals surface area contributed by atoms with Gasteiger partial charge < -0.3 is 14.2 Å². The van der Waals surface area contributed by atoms with Gasteiger partial charge in [0.05, 0.1) is 25.4 Å². The van der Waals surface area contributed by atoms with E-state index in [9.17, 15) is 0 Å². The van der Waals surface area contributed by atoms with Crippen LogP contribution in [-0.4, -0.2) is 43.5 Å². The zero-order chi connectivity index (χ0) is 10.7. The number of halogens is 1. The topological polar surface area (TPSA) is 27.7 Å². The van der Waals surface area contributed by atoms with E-state index in [2.05, 4.69) is 15.9 Å². The zero-order valence-electron chi connectivity index (χ0n) is 9.15. The summed E-state index contributed by atoms with van der Waals surface area (Å²) in [5, 5.41) is 0. The van der Waals surface area contributed by atoms with Crippen LogP contribution in [0, 0.1) is 5.92 Å². The second-order valence-corrected chi connectivity index (χ2v) is 5.45. The van der Waals surface area contributed by atoms with Crippen molar-refractivity contribution in [3.05, 3.63) is 0 Å². The van der Waals surface area contributed by atoms with Crippen LogP contribution in [0.1, 0.15) is 19.8 Å². The van der Waals surface area contributed by atoms with Crippen molar-refractivity contribution in [1.29, 1.82) is 0 Å². The fraction of sp³-hybridized carbons (Fsp3) is 1.00. The van der Waals surface area contributed by atoms with Crippen molar-refractivity contribution in [3.8, 4) is 0 Å². The summed E-state index contributed by atoms with van der Waals surface area (Å²) in [6.45, 7) is 5.38. The lowest BCUT2D eigenvalue weighted by Crippen LogP contribution is -2.51. The van der Waals surface area contributed by atoms with Gasteiger partial charge in [-0.15, -0.1) is 0 Å². The number of rotatable bonds is 5. The van der Waals surface area contributed by atoms with Gasteiger partial charge in [0, 0.05) is 24.0 Å². The fourth-order valence-electron chi connectivity index (χ4n) is 2.07. The summed E-state index contributed by atoms with van der Waals surface area (Å²) in [6.07, 6.45) is 2.74. The molecule has 2 aliphatic rings. The largest absolute Gasteiger partial charge is 0.381 e. The maximum atomic E-state index is 5.86. The molecule has 15 heavy (non-hydrogen) atoms. The first kappa shape index (κ1) is 11.8. The smallest absolute Gasteiger partial charge is 0.0962 e. The Morgan fingerprint density at radius 2 is 2.27 bits per heavy atom. The molecule has 88 valence electrons. The Morgan fingerprint density at radius 1 is 1.40 bits per heavy atom. The van der Waals surface area contributed by atoms with E-state index in [1.54, 1.807) is 0 Å². The fourth-order valence-corrected chi connectivity index (χ4v) is 2.93. The minimum Gasteiger partial charge on any atom is -0.381 e. The molecular formula is C11H19BrO3. The second kappa shape index (κ2) is 5.62. The van der Waals surface area contributed by atoms with Gasteiger partial charge in [0.25, 0.3) is 0 Å². The monoisotopic (exact) mass is 278 g/mol. The highest BCUT2D eigenvalue weighted by Crippen LogP contribution is 2.33. The van der Waals surface area contributed by atoms with Gasteiger partial charge >= 0.3 is 0 Å². The molecule has 0 aromatic carbocycles. The van der Waals surface area contributed by atoms with E-state index >= 15 is 0 Å². The number of hydrogen-bond acceptors (Lipinski definition) is 3. The Bertz CT molecular complexity index is 194. The first-order valence-electron chi connectivity index (χ1n) is 5.76. The minimum absolute atomic E-state index is 0.248. The van der Waals surface area contributed by atoms with E-state index in [0.717, 1.165) is 39.3 Å². The lowest BCUT2D eigenvalue weighted by molar-refractivity contribution is -0.125. The molecule has 0 amide bonds. The highest BCUT2D eigenvalue weighted by atomic mass is 79.9. The van der Waals surface area contributed by atoms with Crippen LogP contribution in [0.25, 0.3) is 0 Å². The SMILES string of the molecule is CCOC1C(Br)CC1OCC1CCOC1. The molecular weight excluding hydrogens is 260 g/mol. The molecule has 1 aliphatic carbocycles. The predicted molar refractivity (Wildman–Crippen MR) is 61.4 cm³/mol. The molecule has 0 radical (unpaired) electrons. The summed E-state index contributed by atoms with van der Waals surface area (Å²) < 4.78 is 16.8. The Hall–Kier alpha value is 0.360. The van der Waals surface area contributed by atoms with E-state index in [1.807, 2.05) is 6.92 Å². The zero-order valence-corrected chi connectivity index (χ0v) is 10.7. The molecule has 2 rings (SSSR count). The van der Waals surface area contributed by atoms with E-state index in [4.69, 9.17) is 14.2 Å². The third-order valence-electron chi connectivity index (χ3n) is 3.11. The number of alkyl halides is 1. The molecule has 4 unspecified atom stereocenters. The van der Waals surface area contributed by atoms with Gasteiger partial charge in [0.15, 0.2) is 0 Å². The molecule has 0 aromatic heterocycles.